The first-order valence-corrected chi connectivity index (χ1v) is 16.2. The minimum absolute atomic E-state index is 0. The van der Waals surface area contributed by atoms with E-state index in [1.165, 1.54) is 4.90 Å². The summed E-state index contributed by atoms with van der Waals surface area (Å²) in [6.07, 6.45) is 2.76. The third kappa shape index (κ3) is 7.17. The average Bonchev–Trinajstić information content (AvgIpc) is 3.02. The second-order valence-corrected chi connectivity index (χ2v) is 12.9. The van der Waals surface area contributed by atoms with Crippen molar-refractivity contribution in [2.24, 2.45) is 0 Å². The van der Waals surface area contributed by atoms with Gasteiger partial charge in [0.2, 0.25) is 11.8 Å². The number of rotatable bonds is 9. The molecule has 4 rings (SSSR count). The SMILES string of the molecule is CCN(CC)C(C)C(=O)N[C@@H]1C(=O)N(Cc2c(C)cnc3ccccc23)c2ccccc2N(C(=O)CS(C)(=O)=O)[C@H]1C.Cl. The van der Waals surface area contributed by atoms with Crippen molar-refractivity contribution in [1.82, 2.24) is 15.2 Å². The Morgan fingerprint density at radius 2 is 1.65 bits per heavy atom. The molecule has 0 fully saturated rings. The predicted octanol–water partition coefficient (Wildman–Crippen LogP) is 3.49. The van der Waals surface area contributed by atoms with Gasteiger partial charge in [-0.25, -0.2) is 8.42 Å². The Morgan fingerprint density at radius 1 is 1.05 bits per heavy atom. The zero-order valence-electron chi connectivity index (χ0n) is 25.4. The van der Waals surface area contributed by atoms with Gasteiger partial charge in [0.05, 0.1) is 35.5 Å². The number of anilines is 2. The first-order valence-electron chi connectivity index (χ1n) is 14.2. The topological polar surface area (TPSA) is 120 Å². The highest BCUT2D eigenvalue weighted by Gasteiger charge is 2.43. The number of aromatic nitrogens is 1. The predicted molar refractivity (Wildman–Crippen MR) is 172 cm³/mol. The zero-order valence-corrected chi connectivity index (χ0v) is 27.0. The molecule has 10 nitrogen and oxygen atoms in total. The van der Waals surface area contributed by atoms with E-state index in [0.717, 1.165) is 28.3 Å². The number of likely N-dealkylation sites (N-methyl/N-ethyl adjacent to an activating group) is 1. The quantitative estimate of drug-likeness (QED) is 0.385. The van der Waals surface area contributed by atoms with Gasteiger partial charge < -0.3 is 15.1 Å². The highest BCUT2D eigenvalue weighted by Crippen LogP contribution is 2.37. The van der Waals surface area contributed by atoms with Crippen molar-refractivity contribution in [3.8, 4) is 0 Å². The third-order valence-corrected chi connectivity index (χ3v) is 8.74. The number of hydrogen-bond acceptors (Lipinski definition) is 7. The summed E-state index contributed by atoms with van der Waals surface area (Å²) >= 11 is 0. The molecule has 3 amide bonds. The number of fused-ring (bicyclic) bond motifs is 2. The fourth-order valence-corrected chi connectivity index (χ4v) is 6.22. The van der Waals surface area contributed by atoms with Crippen LogP contribution in [-0.4, -0.2) is 79.2 Å². The van der Waals surface area contributed by atoms with Crippen molar-refractivity contribution in [2.75, 3.05) is 34.9 Å². The number of aryl methyl sites for hydroxylation is 1. The van der Waals surface area contributed by atoms with Crippen LogP contribution in [0.15, 0.2) is 54.7 Å². The Bertz CT molecular complexity index is 1610. The van der Waals surface area contributed by atoms with Crippen LogP contribution in [0, 0.1) is 6.92 Å². The van der Waals surface area contributed by atoms with Crippen LogP contribution < -0.4 is 15.1 Å². The number of carbonyl (C=O) groups excluding carboxylic acids is 3. The average molecular weight is 630 g/mol. The fraction of sp³-hybridized carbons (Fsp3) is 0.419. The van der Waals surface area contributed by atoms with E-state index in [9.17, 15) is 22.8 Å². The van der Waals surface area contributed by atoms with Crippen LogP contribution in [0.4, 0.5) is 11.4 Å². The highest BCUT2D eigenvalue weighted by molar-refractivity contribution is 7.91. The van der Waals surface area contributed by atoms with E-state index in [1.807, 2.05) is 49.9 Å². The van der Waals surface area contributed by atoms with Gasteiger partial charge in [0.15, 0.2) is 9.84 Å². The maximum absolute atomic E-state index is 14.5. The molecule has 0 saturated heterocycles. The molecule has 1 N–H and O–H groups in total. The largest absolute Gasteiger partial charge is 0.341 e. The first kappa shape index (κ1) is 34.0. The van der Waals surface area contributed by atoms with Crippen LogP contribution in [0.5, 0.6) is 0 Å². The van der Waals surface area contributed by atoms with Crippen molar-refractivity contribution < 1.29 is 22.8 Å². The van der Waals surface area contributed by atoms with E-state index in [-0.39, 0.29) is 24.9 Å². The standard InChI is InChI=1S/C31H39N5O5S.ClH/c1-7-34(8-2)22(5)30(38)33-29-21(4)36(28(37)19-42(6,40)41)27-16-12-11-15-26(27)35(31(29)39)18-24-20(3)17-32-25-14-10-9-13-23(24)25;/h9-17,21-22,29H,7-8,18-19H2,1-6H3,(H,33,38);1H/t21-,22?,29-;/m0./s1. The number of carbonyl (C=O) groups is 3. The summed E-state index contributed by atoms with van der Waals surface area (Å²) in [6.45, 7) is 10.7. The van der Waals surface area contributed by atoms with Gasteiger partial charge in [0.25, 0.3) is 5.91 Å². The number of pyridine rings is 1. The van der Waals surface area contributed by atoms with E-state index >= 15 is 0 Å². The smallest absolute Gasteiger partial charge is 0.252 e. The molecule has 2 aromatic carbocycles. The van der Waals surface area contributed by atoms with Gasteiger partial charge in [-0.2, -0.15) is 0 Å². The molecule has 2 heterocycles. The summed E-state index contributed by atoms with van der Waals surface area (Å²) in [4.78, 5) is 51.1. The van der Waals surface area contributed by atoms with Crippen molar-refractivity contribution in [1.29, 1.82) is 0 Å². The number of halogens is 1. The number of para-hydroxylation sites is 3. The lowest BCUT2D eigenvalue weighted by Crippen LogP contribution is -2.60. The molecule has 12 heteroatoms. The fourth-order valence-electron chi connectivity index (χ4n) is 5.64. The lowest BCUT2D eigenvalue weighted by molar-refractivity contribution is -0.131. The molecule has 3 atom stereocenters. The molecule has 232 valence electrons. The molecule has 0 bridgehead atoms. The van der Waals surface area contributed by atoms with Crippen LogP contribution in [0.25, 0.3) is 10.9 Å². The minimum Gasteiger partial charge on any atom is -0.341 e. The molecular weight excluding hydrogens is 590 g/mol. The van der Waals surface area contributed by atoms with E-state index < -0.39 is 45.5 Å². The number of sulfone groups is 1. The molecule has 1 unspecified atom stereocenters. The second-order valence-electron chi connectivity index (χ2n) is 10.8. The van der Waals surface area contributed by atoms with Gasteiger partial charge in [-0.1, -0.05) is 44.2 Å². The molecule has 1 aliphatic heterocycles. The number of amides is 3. The van der Waals surface area contributed by atoms with Crippen molar-refractivity contribution >= 4 is 62.2 Å². The highest BCUT2D eigenvalue weighted by atomic mass is 35.5. The summed E-state index contributed by atoms with van der Waals surface area (Å²) in [7, 11) is -3.68. The molecule has 0 radical (unpaired) electrons. The first-order chi connectivity index (χ1) is 19.9. The van der Waals surface area contributed by atoms with Gasteiger partial charge >= 0.3 is 0 Å². The third-order valence-electron chi connectivity index (χ3n) is 7.96. The molecule has 3 aromatic rings. The number of nitrogens with zero attached hydrogens (tertiary/aromatic N) is 4. The lowest BCUT2D eigenvalue weighted by Gasteiger charge is -2.34. The Hall–Kier alpha value is -3.54. The van der Waals surface area contributed by atoms with Crippen LogP contribution >= 0.6 is 12.4 Å². The molecule has 0 aliphatic carbocycles. The Balaban J connectivity index is 0.00000506. The minimum atomic E-state index is -3.68. The van der Waals surface area contributed by atoms with Crippen LogP contribution in [0.3, 0.4) is 0 Å². The summed E-state index contributed by atoms with van der Waals surface area (Å²) in [5.41, 5.74) is 3.40. The maximum Gasteiger partial charge on any atom is 0.252 e. The molecule has 43 heavy (non-hydrogen) atoms. The summed E-state index contributed by atoms with van der Waals surface area (Å²) < 4.78 is 24.4. The van der Waals surface area contributed by atoms with Gasteiger partial charge in [-0.05, 0) is 63.2 Å². The Morgan fingerprint density at radius 3 is 2.28 bits per heavy atom. The summed E-state index contributed by atoms with van der Waals surface area (Å²) in [5.74, 6) is -2.15. The van der Waals surface area contributed by atoms with Gasteiger partial charge in [-0.15, -0.1) is 12.4 Å². The summed E-state index contributed by atoms with van der Waals surface area (Å²) in [5, 5.41) is 3.82. The summed E-state index contributed by atoms with van der Waals surface area (Å²) in [6, 6.07) is 12.1. The lowest BCUT2D eigenvalue weighted by atomic mass is 10.0. The molecule has 0 spiro atoms. The van der Waals surface area contributed by atoms with Gasteiger partial charge in [-0.3, -0.25) is 24.3 Å². The molecule has 1 aromatic heterocycles. The molecular formula is C31H40ClN5O5S. The van der Waals surface area contributed by atoms with Crippen LogP contribution in [-0.2, 0) is 30.8 Å². The second kappa shape index (κ2) is 13.8. The number of nitrogens with one attached hydrogen (secondary N) is 1. The van der Waals surface area contributed by atoms with Crippen LogP contribution in [0.1, 0.15) is 38.8 Å². The molecule has 1 aliphatic rings. The molecule has 0 saturated carbocycles. The van der Waals surface area contributed by atoms with E-state index in [4.69, 9.17) is 0 Å². The van der Waals surface area contributed by atoms with Crippen molar-refractivity contribution in [3.05, 3.63) is 65.9 Å². The van der Waals surface area contributed by atoms with Crippen molar-refractivity contribution in [3.63, 3.8) is 0 Å². The van der Waals surface area contributed by atoms with E-state index in [0.29, 0.717) is 24.5 Å². The zero-order chi connectivity index (χ0) is 30.8. The normalized spacial score (nSPS) is 17.7. The Kier molecular flexibility index (Phi) is 10.9. The number of hydrogen-bond donors (Lipinski definition) is 1. The van der Waals surface area contributed by atoms with Gasteiger partial charge in [0, 0.05) is 17.8 Å². The maximum atomic E-state index is 14.5. The van der Waals surface area contributed by atoms with Gasteiger partial charge in [0.1, 0.15) is 11.8 Å². The Labute approximate surface area is 259 Å². The number of benzene rings is 2. The van der Waals surface area contributed by atoms with Crippen molar-refractivity contribution in [2.45, 2.75) is 59.3 Å². The van der Waals surface area contributed by atoms with Crippen LogP contribution in [0.2, 0.25) is 0 Å². The van der Waals surface area contributed by atoms with E-state index in [2.05, 4.69) is 10.3 Å². The van der Waals surface area contributed by atoms with E-state index in [1.54, 1.807) is 49.2 Å². The monoisotopic (exact) mass is 629 g/mol.